The third kappa shape index (κ3) is 5.35. The predicted molar refractivity (Wildman–Crippen MR) is 120 cm³/mol. The number of aryl methyl sites for hydroxylation is 1. The molecule has 2 aromatic carbocycles. The smallest absolute Gasteiger partial charge is 0.256 e. The molecule has 0 aliphatic carbocycles. The molecule has 3 aromatic rings. The molecule has 0 spiro atoms. The van der Waals surface area contributed by atoms with E-state index in [1.807, 2.05) is 20.8 Å². The van der Waals surface area contributed by atoms with Crippen molar-refractivity contribution in [3.8, 4) is 0 Å². The fourth-order valence-corrected chi connectivity index (χ4v) is 2.86. The number of anilines is 2. The van der Waals surface area contributed by atoms with Crippen LogP contribution < -0.4 is 10.6 Å². The molecule has 6 heteroatoms. The van der Waals surface area contributed by atoms with Gasteiger partial charge in [0.1, 0.15) is 5.82 Å². The summed E-state index contributed by atoms with van der Waals surface area (Å²) in [5.74, 6) is 0.251. The number of amides is 2. The average molecular weight is 405 g/mol. The molecule has 0 saturated heterocycles. The van der Waals surface area contributed by atoms with Gasteiger partial charge >= 0.3 is 0 Å². The van der Waals surface area contributed by atoms with Gasteiger partial charge in [0.25, 0.3) is 5.91 Å². The number of carbonyl (C=O) groups excluding carboxylic acids is 2. The van der Waals surface area contributed by atoms with Crippen LogP contribution in [-0.2, 0) is 17.8 Å². The number of hydrogen-bond donors (Lipinski definition) is 2. The van der Waals surface area contributed by atoms with Gasteiger partial charge in [-0.3, -0.25) is 9.59 Å². The molecule has 0 saturated carbocycles. The molecule has 0 atom stereocenters. The maximum Gasteiger partial charge on any atom is 0.256 e. The topological polar surface area (TPSA) is 76.0 Å². The van der Waals surface area contributed by atoms with Crippen molar-refractivity contribution in [2.75, 3.05) is 10.6 Å². The summed E-state index contributed by atoms with van der Waals surface area (Å²) in [6.07, 6.45) is 2.66. The first-order valence-electron chi connectivity index (χ1n) is 10.1. The molecule has 0 fully saturated rings. The predicted octanol–water partition coefficient (Wildman–Crippen LogP) is 4.73. The van der Waals surface area contributed by atoms with Crippen LogP contribution >= 0.6 is 0 Å². The van der Waals surface area contributed by atoms with Gasteiger partial charge in [-0.1, -0.05) is 58.0 Å². The minimum absolute atomic E-state index is 0.104. The van der Waals surface area contributed by atoms with E-state index >= 15 is 0 Å². The summed E-state index contributed by atoms with van der Waals surface area (Å²) < 4.78 is 1.75. The molecule has 6 nitrogen and oxygen atoms in total. The van der Waals surface area contributed by atoms with E-state index in [1.165, 1.54) is 5.56 Å². The van der Waals surface area contributed by atoms with Crippen molar-refractivity contribution in [3.63, 3.8) is 0 Å². The van der Waals surface area contributed by atoms with E-state index < -0.39 is 5.41 Å². The molecule has 3 rings (SSSR count). The van der Waals surface area contributed by atoms with Crippen LogP contribution in [0.1, 0.15) is 49.2 Å². The van der Waals surface area contributed by atoms with Gasteiger partial charge in [0.2, 0.25) is 5.91 Å². The molecule has 2 N–H and O–H groups in total. The second kappa shape index (κ2) is 8.95. The van der Waals surface area contributed by atoms with E-state index in [1.54, 1.807) is 41.2 Å². The summed E-state index contributed by atoms with van der Waals surface area (Å²) in [5, 5.41) is 10.1. The fourth-order valence-electron chi connectivity index (χ4n) is 2.86. The van der Waals surface area contributed by atoms with Gasteiger partial charge in [-0.25, -0.2) is 4.68 Å². The van der Waals surface area contributed by atoms with Crippen LogP contribution in [0.2, 0.25) is 0 Å². The summed E-state index contributed by atoms with van der Waals surface area (Å²) in [4.78, 5) is 25.0. The van der Waals surface area contributed by atoms with Crippen molar-refractivity contribution in [1.29, 1.82) is 0 Å². The number of aromatic nitrogens is 2. The van der Waals surface area contributed by atoms with Crippen molar-refractivity contribution in [1.82, 2.24) is 9.78 Å². The van der Waals surface area contributed by atoms with Crippen molar-refractivity contribution in [2.24, 2.45) is 5.41 Å². The van der Waals surface area contributed by atoms with Crippen molar-refractivity contribution < 1.29 is 9.59 Å². The van der Waals surface area contributed by atoms with Gasteiger partial charge < -0.3 is 10.6 Å². The van der Waals surface area contributed by atoms with Gasteiger partial charge in [-0.05, 0) is 35.7 Å². The molecule has 1 heterocycles. The molecule has 2 amide bonds. The first-order chi connectivity index (χ1) is 14.3. The lowest BCUT2D eigenvalue weighted by Crippen LogP contribution is -2.27. The summed E-state index contributed by atoms with van der Waals surface area (Å²) in [5.41, 5.74) is 2.93. The lowest BCUT2D eigenvalue weighted by molar-refractivity contribution is -0.123. The summed E-state index contributed by atoms with van der Waals surface area (Å²) in [6, 6.07) is 17.0. The van der Waals surface area contributed by atoms with Crippen LogP contribution in [0, 0.1) is 5.41 Å². The van der Waals surface area contributed by atoms with Crippen LogP contribution in [0.15, 0.2) is 60.8 Å². The summed E-state index contributed by atoms with van der Waals surface area (Å²) in [7, 11) is 0. The highest BCUT2D eigenvalue weighted by Crippen LogP contribution is 2.19. The van der Waals surface area contributed by atoms with E-state index in [0.29, 0.717) is 23.6 Å². The third-order valence-electron chi connectivity index (χ3n) is 4.79. The maximum atomic E-state index is 12.8. The Labute approximate surface area is 177 Å². The molecular formula is C24H28N4O2. The standard InChI is InChI=1S/C24H28N4O2/c1-5-17-9-11-18(12-10-17)16-28-21(13-14-25-28)27-22(29)19-7-6-8-20(15-19)26-23(30)24(2,3)4/h6-15H,5,16H2,1-4H3,(H,26,30)(H,27,29). The minimum Gasteiger partial charge on any atom is -0.326 e. The SMILES string of the molecule is CCc1ccc(Cn2nccc2NC(=O)c2cccc(NC(=O)C(C)(C)C)c2)cc1. The molecule has 0 radical (unpaired) electrons. The molecule has 1 aromatic heterocycles. The normalized spacial score (nSPS) is 11.2. The maximum absolute atomic E-state index is 12.8. The minimum atomic E-state index is -0.514. The second-order valence-electron chi connectivity index (χ2n) is 8.28. The van der Waals surface area contributed by atoms with Gasteiger partial charge in [0.05, 0.1) is 12.7 Å². The Hall–Kier alpha value is -3.41. The Balaban J connectivity index is 1.70. The Morgan fingerprint density at radius 2 is 1.67 bits per heavy atom. The Morgan fingerprint density at radius 3 is 2.33 bits per heavy atom. The molecule has 156 valence electrons. The first-order valence-corrected chi connectivity index (χ1v) is 10.1. The average Bonchev–Trinajstić information content (AvgIpc) is 3.14. The Morgan fingerprint density at radius 1 is 0.967 bits per heavy atom. The summed E-state index contributed by atoms with van der Waals surface area (Å²) >= 11 is 0. The van der Waals surface area contributed by atoms with Gasteiger partial charge in [-0.15, -0.1) is 0 Å². The van der Waals surface area contributed by atoms with Crippen molar-refractivity contribution in [3.05, 3.63) is 77.5 Å². The summed E-state index contributed by atoms with van der Waals surface area (Å²) in [6.45, 7) is 8.22. The number of benzene rings is 2. The van der Waals surface area contributed by atoms with Crippen molar-refractivity contribution >= 4 is 23.3 Å². The number of nitrogens with one attached hydrogen (secondary N) is 2. The number of rotatable bonds is 6. The zero-order valence-electron chi connectivity index (χ0n) is 17.9. The van der Waals surface area contributed by atoms with E-state index in [9.17, 15) is 9.59 Å². The quantitative estimate of drug-likeness (QED) is 0.623. The van der Waals surface area contributed by atoms with Crippen LogP contribution in [0.4, 0.5) is 11.5 Å². The third-order valence-corrected chi connectivity index (χ3v) is 4.79. The highest BCUT2D eigenvalue weighted by molar-refractivity contribution is 6.05. The van der Waals surface area contributed by atoms with Crippen molar-refractivity contribution in [2.45, 2.75) is 40.7 Å². The van der Waals surface area contributed by atoms with Crippen LogP contribution in [0.25, 0.3) is 0 Å². The lowest BCUT2D eigenvalue weighted by atomic mass is 9.95. The van der Waals surface area contributed by atoms with Gasteiger partial charge in [-0.2, -0.15) is 5.10 Å². The van der Waals surface area contributed by atoms with Gasteiger partial charge in [0, 0.05) is 22.7 Å². The van der Waals surface area contributed by atoms with E-state index in [-0.39, 0.29) is 11.8 Å². The number of hydrogen-bond acceptors (Lipinski definition) is 3. The lowest BCUT2D eigenvalue weighted by Gasteiger charge is -2.18. The van der Waals surface area contributed by atoms with Crippen LogP contribution in [0.5, 0.6) is 0 Å². The molecule has 0 bridgehead atoms. The second-order valence-corrected chi connectivity index (χ2v) is 8.28. The van der Waals surface area contributed by atoms with Gasteiger partial charge in [0.15, 0.2) is 0 Å². The molecular weight excluding hydrogens is 376 g/mol. The zero-order valence-corrected chi connectivity index (χ0v) is 17.9. The van der Waals surface area contributed by atoms with E-state index in [0.717, 1.165) is 12.0 Å². The van der Waals surface area contributed by atoms with E-state index in [2.05, 4.69) is 46.9 Å². The number of carbonyl (C=O) groups is 2. The Kier molecular flexibility index (Phi) is 6.35. The number of nitrogens with zero attached hydrogens (tertiary/aromatic N) is 2. The van der Waals surface area contributed by atoms with Crippen LogP contribution in [0.3, 0.4) is 0 Å². The Bertz CT molecular complexity index is 1030. The van der Waals surface area contributed by atoms with E-state index in [4.69, 9.17) is 0 Å². The largest absolute Gasteiger partial charge is 0.326 e. The first kappa shape index (κ1) is 21.3. The molecule has 30 heavy (non-hydrogen) atoms. The monoisotopic (exact) mass is 404 g/mol. The molecule has 0 aliphatic heterocycles. The zero-order chi connectivity index (χ0) is 21.7. The highest BCUT2D eigenvalue weighted by Gasteiger charge is 2.21. The fraction of sp³-hybridized carbons (Fsp3) is 0.292. The molecule has 0 unspecified atom stereocenters. The molecule has 0 aliphatic rings. The van der Waals surface area contributed by atoms with Crippen LogP contribution in [-0.4, -0.2) is 21.6 Å². The highest BCUT2D eigenvalue weighted by atomic mass is 16.2.